The van der Waals surface area contributed by atoms with Gasteiger partial charge in [-0.3, -0.25) is 4.98 Å². The van der Waals surface area contributed by atoms with E-state index in [1.807, 2.05) is 30.5 Å². The lowest BCUT2D eigenvalue weighted by molar-refractivity contribution is 0.794. The minimum Gasteiger partial charge on any atom is -0.256 e. The van der Waals surface area contributed by atoms with Gasteiger partial charge >= 0.3 is 0 Å². The monoisotopic (exact) mass is 852 g/mol. The molecule has 0 saturated heterocycles. The van der Waals surface area contributed by atoms with Crippen LogP contribution >= 0.6 is 0 Å². The average molecular weight is 853 g/mol. The Morgan fingerprint density at radius 3 is 1.18 bits per heavy atom. The summed E-state index contributed by atoms with van der Waals surface area (Å²) in [6.07, 6.45) is 1.90. The van der Waals surface area contributed by atoms with Crippen molar-refractivity contribution in [1.82, 2.24) is 19.9 Å². The van der Waals surface area contributed by atoms with Crippen molar-refractivity contribution < 1.29 is 0 Å². The van der Waals surface area contributed by atoms with E-state index in [-0.39, 0.29) is 0 Å². The minimum atomic E-state index is -0.394. The molecule has 4 heteroatoms. The van der Waals surface area contributed by atoms with E-state index in [9.17, 15) is 0 Å². The van der Waals surface area contributed by atoms with Crippen molar-refractivity contribution in [2.45, 2.75) is 5.41 Å². The Morgan fingerprint density at radius 2 is 0.612 bits per heavy atom. The molecule has 0 fully saturated rings. The van der Waals surface area contributed by atoms with E-state index >= 15 is 0 Å². The number of aromatic nitrogens is 4. The minimum absolute atomic E-state index is 0.394. The lowest BCUT2D eigenvalue weighted by atomic mass is 9.70. The van der Waals surface area contributed by atoms with E-state index in [0.717, 1.165) is 55.8 Å². The fourth-order valence-corrected chi connectivity index (χ4v) is 10.7. The topological polar surface area (TPSA) is 51.6 Å². The molecule has 11 aromatic rings. The summed E-state index contributed by atoms with van der Waals surface area (Å²) >= 11 is 0. The van der Waals surface area contributed by atoms with Gasteiger partial charge in [0.2, 0.25) is 0 Å². The van der Waals surface area contributed by atoms with Crippen LogP contribution in [-0.4, -0.2) is 19.9 Å². The van der Waals surface area contributed by atoms with E-state index in [0.29, 0.717) is 17.5 Å². The summed E-state index contributed by atoms with van der Waals surface area (Å²) in [4.78, 5) is 20.3. The first kappa shape index (κ1) is 38.6. The summed E-state index contributed by atoms with van der Waals surface area (Å²) in [5.74, 6) is 1.85. The molecule has 0 saturated carbocycles. The van der Waals surface area contributed by atoms with E-state index in [2.05, 4.69) is 212 Å². The molecule has 13 rings (SSSR count). The van der Waals surface area contributed by atoms with Gasteiger partial charge in [-0.15, -0.1) is 0 Å². The highest BCUT2D eigenvalue weighted by molar-refractivity contribution is 6.00. The van der Waals surface area contributed by atoms with Gasteiger partial charge < -0.3 is 0 Å². The van der Waals surface area contributed by atoms with E-state index in [1.54, 1.807) is 0 Å². The number of hydrogen-bond donors (Lipinski definition) is 0. The molecule has 2 aliphatic rings. The molecule has 0 amide bonds. The number of benzene rings is 9. The molecule has 0 aliphatic heterocycles. The lowest BCUT2D eigenvalue weighted by Gasteiger charge is -2.30. The highest BCUT2D eigenvalue weighted by atomic mass is 15.0. The fourth-order valence-electron chi connectivity index (χ4n) is 10.7. The molecule has 4 nitrogen and oxygen atoms in total. The third-order valence-electron chi connectivity index (χ3n) is 13.7. The van der Waals surface area contributed by atoms with Gasteiger partial charge in [0.1, 0.15) is 0 Å². The van der Waals surface area contributed by atoms with Crippen LogP contribution in [0.25, 0.3) is 101 Å². The van der Waals surface area contributed by atoms with Gasteiger partial charge in [-0.2, -0.15) is 0 Å². The molecule has 0 N–H and O–H groups in total. The van der Waals surface area contributed by atoms with Crippen molar-refractivity contribution in [3.05, 3.63) is 265 Å². The van der Waals surface area contributed by atoms with Gasteiger partial charge in [0.25, 0.3) is 0 Å². The van der Waals surface area contributed by atoms with Crippen molar-refractivity contribution in [2.75, 3.05) is 0 Å². The number of pyridine rings is 1. The van der Waals surface area contributed by atoms with Crippen LogP contribution in [0.5, 0.6) is 0 Å². The molecule has 1 spiro atoms. The van der Waals surface area contributed by atoms with Crippen LogP contribution in [0.1, 0.15) is 22.3 Å². The molecule has 2 aliphatic carbocycles. The molecular formula is C63H40N4. The summed E-state index contributed by atoms with van der Waals surface area (Å²) in [6.45, 7) is 0. The maximum absolute atomic E-state index is 5.18. The Labute approximate surface area is 389 Å². The van der Waals surface area contributed by atoms with Crippen molar-refractivity contribution in [3.63, 3.8) is 0 Å². The predicted molar refractivity (Wildman–Crippen MR) is 272 cm³/mol. The molecule has 0 unspecified atom stereocenters. The van der Waals surface area contributed by atoms with Gasteiger partial charge in [0, 0.05) is 34.0 Å². The Bertz CT molecular complexity index is 3560. The maximum Gasteiger partial charge on any atom is 0.164 e. The standard InChI is InChI=1S/C63H40N4/c1-4-17-41(18-5-1)49-39-40-64-59(44-19-6-2-7-20-44)57(49)43-33-37-47(38-34-43)62-66-60(45-21-8-3-9-22-45)65-61(67-62)46-35-31-42(32-36-46)48-26-16-30-56-58(48)52-25-12-15-29-55(52)63(56)53-27-13-10-23-50(53)51-24-11-14-28-54(51)63/h1-40H. The number of fused-ring (bicyclic) bond motifs is 10. The van der Waals surface area contributed by atoms with Gasteiger partial charge in [-0.1, -0.05) is 231 Å². The molecule has 0 radical (unpaired) electrons. The lowest BCUT2D eigenvalue weighted by Crippen LogP contribution is -2.25. The predicted octanol–water partition coefficient (Wildman–Crippen LogP) is 15.3. The Kier molecular flexibility index (Phi) is 9.04. The second kappa shape index (κ2) is 15.7. The Morgan fingerprint density at radius 1 is 0.239 bits per heavy atom. The molecule has 2 aromatic heterocycles. The van der Waals surface area contributed by atoms with Crippen LogP contribution in [0.15, 0.2) is 243 Å². The van der Waals surface area contributed by atoms with Crippen molar-refractivity contribution in [3.8, 4) is 101 Å². The largest absolute Gasteiger partial charge is 0.256 e. The zero-order chi connectivity index (χ0) is 44.3. The summed E-state index contributed by atoms with van der Waals surface area (Å²) in [6, 6.07) is 84.2. The van der Waals surface area contributed by atoms with Crippen LogP contribution < -0.4 is 0 Å². The Balaban J connectivity index is 0.908. The number of nitrogens with zero attached hydrogens (tertiary/aromatic N) is 4. The fraction of sp³-hybridized carbons (Fsp3) is 0.0159. The first-order chi connectivity index (χ1) is 33.2. The molecule has 2 heterocycles. The van der Waals surface area contributed by atoms with Crippen molar-refractivity contribution >= 4 is 0 Å². The quantitative estimate of drug-likeness (QED) is 0.160. The second-order valence-corrected chi connectivity index (χ2v) is 17.3. The van der Waals surface area contributed by atoms with Gasteiger partial charge in [-0.05, 0) is 78.4 Å². The highest BCUT2D eigenvalue weighted by Crippen LogP contribution is 2.64. The highest BCUT2D eigenvalue weighted by Gasteiger charge is 2.51. The Hall–Kier alpha value is -8.86. The van der Waals surface area contributed by atoms with Crippen LogP contribution in [0.2, 0.25) is 0 Å². The van der Waals surface area contributed by atoms with Crippen LogP contribution in [0.3, 0.4) is 0 Å². The SMILES string of the molecule is c1ccc(-c2nc(-c3ccc(-c4cccc5c4-c4ccccc4C54c5ccccc5-c5ccccc54)cc3)nc(-c3ccc(-c4c(-c5ccccc5)ccnc4-c4ccccc4)cc3)n2)cc1. The summed E-state index contributed by atoms with van der Waals surface area (Å²) < 4.78 is 0. The van der Waals surface area contributed by atoms with Crippen LogP contribution in [-0.2, 0) is 5.41 Å². The summed E-state index contributed by atoms with van der Waals surface area (Å²) in [5, 5.41) is 0. The first-order valence-corrected chi connectivity index (χ1v) is 22.8. The molecule has 9 aromatic carbocycles. The zero-order valence-electron chi connectivity index (χ0n) is 36.4. The molecule has 0 bridgehead atoms. The van der Waals surface area contributed by atoms with Crippen LogP contribution in [0.4, 0.5) is 0 Å². The zero-order valence-corrected chi connectivity index (χ0v) is 36.4. The first-order valence-electron chi connectivity index (χ1n) is 22.8. The maximum atomic E-state index is 5.18. The molecule has 312 valence electrons. The normalized spacial score (nSPS) is 12.6. The van der Waals surface area contributed by atoms with Crippen LogP contribution in [0, 0.1) is 0 Å². The van der Waals surface area contributed by atoms with Crippen molar-refractivity contribution in [2.24, 2.45) is 0 Å². The molecule has 0 atom stereocenters. The third kappa shape index (κ3) is 6.15. The molecule has 67 heavy (non-hydrogen) atoms. The van der Waals surface area contributed by atoms with E-state index < -0.39 is 5.41 Å². The van der Waals surface area contributed by atoms with Gasteiger partial charge in [0.15, 0.2) is 17.5 Å². The third-order valence-corrected chi connectivity index (χ3v) is 13.7. The summed E-state index contributed by atoms with van der Waals surface area (Å²) in [5.41, 5.74) is 21.6. The smallest absolute Gasteiger partial charge is 0.164 e. The number of rotatable bonds is 7. The van der Waals surface area contributed by atoms with E-state index in [1.165, 1.54) is 50.1 Å². The summed E-state index contributed by atoms with van der Waals surface area (Å²) in [7, 11) is 0. The molecular weight excluding hydrogens is 813 g/mol. The van der Waals surface area contributed by atoms with Gasteiger partial charge in [-0.25, -0.2) is 15.0 Å². The van der Waals surface area contributed by atoms with Gasteiger partial charge in [0.05, 0.1) is 11.1 Å². The average Bonchev–Trinajstić information content (AvgIpc) is 3.89. The van der Waals surface area contributed by atoms with Crippen molar-refractivity contribution in [1.29, 1.82) is 0 Å². The number of hydrogen-bond acceptors (Lipinski definition) is 4. The van der Waals surface area contributed by atoms with E-state index in [4.69, 9.17) is 19.9 Å². The second-order valence-electron chi connectivity index (χ2n) is 17.3.